The van der Waals surface area contributed by atoms with Crippen LogP contribution in [0.5, 0.6) is 0 Å². The van der Waals surface area contributed by atoms with Gasteiger partial charge in [0.15, 0.2) is 11.6 Å². The van der Waals surface area contributed by atoms with Gasteiger partial charge in [0.2, 0.25) is 6.04 Å². The fourth-order valence-electron chi connectivity index (χ4n) is 4.77. The molecule has 3 atom stereocenters. The van der Waals surface area contributed by atoms with Gasteiger partial charge in [0, 0.05) is 22.0 Å². The fraction of sp³-hybridized carbons (Fsp3) is 0.238. The highest BCUT2D eigenvalue weighted by Gasteiger charge is 2.69. The molecular weight excluding hydrogens is 349 g/mol. The number of carbonyl (C=O) groups is 2. The number of benzene rings is 2. The first-order chi connectivity index (χ1) is 12.9. The van der Waals surface area contributed by atoms with Crippen LogP contribution < -0.4 is 0 Å². The van der Waals surface area contributed by atoms with Crippen LogP contribution in [0.25, 0.3) is 0 Å². The molecule has 0 unspecified atom stereocenters. The summed E-state index contributed by atoms with van der Waals surface area (Å²) in [4.78, 5) is 38.1. The van der Waals surface area contributed by atoms with Gasteiger partial charge in [-0.05, 0) is 18.1 Å². The first kappa shape index (κ1) is 17.3. The van der Waals surface area contributed by atoms with Crippen LogP contribution in [0.4, 0.5) is 4.39 Å². The number of carbonyl (C=O) groups excluding carboxylic acids is 2. The molecule has 6 heteroatoms. The zero-order chi connectivity index (χ0) is 19.3. The Morgan fingerprint density at radius 3 is 2.15 bits per heavy atom. The smallest absolute Gasteiger partial charge is 0.227 e. The van der Waals surface area contributed by atoms with Gasteiger partial charge in [0.05, 0.1) is 5.92 Å². The molecule has 1 fully saturated rings. The first-order valence-corrected chi connectivity index (χ1v) is 8.62. The molecule has 0 aliphatic heterocycles. The summed E-state index contributed by atoms with van der Waals surface area (Å²) in [5.74, 6) is -3.49. The van der Waals surface area contributed by atoms with Crippen molar-refractivity contribution in [2.24, 2.45) is 11.3 Å². The number of halogens is 1. The van der Waals surface area contributed by atoms with Crippen LogP contribution in [0.2, 0.25) is 0 Å². The first-order valence-electron chi connectivity index (χ1n) is 8.62. The quantitative estimate of drug-likeness (QED) is 0.358. The van der Waals surface area contributed by atoms with Gasteiger partial charge in [-0.2, -0.15) is 0 Å². The number of rotatable bonds is 3. The molecule has 136 valence electrons. The summed E-state index contributed by atoms with van der Waals surface area (Å²) in [5.41, 5.74) is -1.16. The molecule has 2 aromatic carbocycles. The van der Waals surface area contributed by atoms with Crippen molar-refractivity contribution in [1.82, 2.24) is 0 Å². The second-order valence-electron chi connectivity index (χ2n) is 7.05. The van der Waals surface area contributed by atoms with Gasteiger partial charge in [-0.15, -0.1) is 6.58 Å². The van der Waals surface area contributed by atoms with E-state index >= 15 is 0 Å². The maximum absolute atomic E-state index is 14.7. The predicted octanol–water partition coefficient (Wildman–Crippen LogP) is 3.83. The lowest BCUT2D eigenvalue weighted by molar-refractivity contribution is -0.530. The van der Waals surface area contributed by atoms with E-state index in [9.17, 15) is 24.1 Å². The fourth-order valence-corrected chi connectivity index (χ4v) is 4.77. The third-order valence-electron chi connectivity index (χ3n) is 5.88. The minimum absolute atomic E-state index is 0.0260. The van der Waals surface area contributed by atoms with Gasteiger partial charge in [-0.3, -0.25) is 19.7 Å². The Morgan fingerprint density at radius 1 is 1.07 bits per heavy atom. The lowest BCUT2D eigenvalue weighted by Crippen LogP contribution is -2.41. The molecule has 0 saturated heterocycles. The van der Waals surface area contributed by atoms with Gasteiger partial charge in [0.1, 0.15) is 11.2 Å². The van der Waals surface area contributed by atoms with Crippen molar-refractivity contribution in [2.45, 2.75) is 18.4 Å². The third-order valence-corrected chi connectivity index (χ3v) is 5.88. The Morgan fingerprint density at radius 2 is 1.63 bits per heavy atom. The number of hydrogen-bond donors (Lipinski definition) is 0. The SMILES string of the molecule is C=C[C@@H]1CC2(C(=O)c3ccccc3C2=O)[C@@H](c2ccccc2F)[C@@H]1[N+](=O)[O-]. The second kappa shape index (κ2) is 5.94. The molecule has 4 rings (SSSR count). The zero-order valence-electron chi connectivity index (χ0n) is 14.3. The van der Waals surface area contributed by atoms with Crippen molar-refractivity contribution in [2.75, 3.05) is 0 Å². The van der Waals surface area contributed by atoms with E-state index in [2.05, 4.69) is 6.58 Å². The summed E-state index contributed by atoms with van der Waals surface area (Å²) in [6.07, 6.45) is 1.35. The lowest BCUT2D eigenvalue weighted by atomic mass is 9.69. The van der Waals surface area contributed by atoms with Crippen molar-refractivity contribution < 1.29 is 18.9 Å². The average Bonchev–Trinajstić information content (AvgIpc) is 3.12. The number of Topliss-reactive ketones (excluding diaryl/α,β-unsaturated/α-hetero) is 2. The highest BCUT2D eigenvalue weighted by molar-refractivity contribution is 6.30. The van der Waals surface area contributed by atoms with Crippen LogP contribution in [0.1, 0.15) is 38.6 Å². The van der Waals surface area contributed by atoms with Crippen molar-refractivity contribution in [3.63, 3.8) is 0 Å². The molecule has 1 saturated carbocycles. The minimum atomic E-state index is -1.68. The number of fused-ring (bicyclic) bond motifs is 1. The molecule has 0 bridgehead atoms. The van der Waals surface area contributed by atoms with E-state index in [1.54, 1.807) is 30.3 Å². The van der Waals surface area contributed by atoms with E-state index in [0.29, 0.717) is 0 Å². The molecule has 2 aliphatic carbocycles. The lowest BCUT2D eigenvalue weighted by Gasteiger charge is -2.28. The van der Waals surface area contributed by atoms with Crippen LogP contribution in [-0.4, -0.2) is 22.5 Å². The highest BCUT2D eigenvalue weighted by atomic mass is 19.1. The van der Waals surface area contributed by atoms with Gasteiger partial charge >= 0.3 is 0 Å². The average molecular weight is 365 g/mol. The van der Waals surface area contributed by atoms with Gasteiger partial charge < -0.3 is 0 Å². The maximum Gasteiger partial charge on any atom is 0.227 e. The van der Waals surface area contributed by atoms with Crippen LogP contribution in [0, 0.1) is 27.3 Å². The molecule has 1 spiro atoms. The van der Waals surface area contributed by atoms with Crippen LogP contribution in [0.15, 0.2) is 61.2 Å². The Hall–Kier alpha value is -3.15. The van der Waals surface area contributed by atoms with E-state index in [0.717, 1.165) is 0 Å². The largest absolute Gasteiger partial charge is 0.293 e. The summed E-state index contributed by atoms with van der Waals surface area (Å²) >= 11 is 0. The van der Waals surface area contributed by atoms with Crippen LogP contribution >= 0.6 is 0 Å². The predicted molar refractivity (Wildman–Crippen MR) is 95.8 cm³/mol. The van der Waals surface area contributed by atoms with E-state index in [1.165, 1.54) is 24.3 Å². The third kappa shape index (κ3) is 2.16. The molecule has 5 nitrogen and oxygen atoms in total. The van der Waals surface area contributed by atoms with E-state index in [-0.39, 0.29) is 23.1 Å². The van der Waals surface area contributed by atoms with Crippen LogP contribution in [-0.2, 0) is 0 Å². The molecule has 0 aromatic heterocycles. The standard InChI is InChI=1S/C21H16FNO4/c1-2-12-11-21(19(24)13-7-3-4-8-14(13)20(21)25)17(18(12)23(26)27)15-9-5-6-10-16(15)22/h2-10,12,17-18H,1,11H2/t12-,17+,18-/m1/s1. The molecule has 0 radical (unpaired) electrons. The normalized spacial score (nSPS) is 25.6. The van der Waals surface area contributed by atoms with Gasteiger partial charge in [-0.1, -0.05) is 48.5 Å². The zero-order valence-corrected chi connectivity index (χ0v) is 14.3. The number of ketones is 2. The van der Waals surface area contributed by atoms with E-state index < -0.39 is 45.6 Å². The highest BCUT2D eigenvalue weighted by Crippen LogP contribution is 2.59. The van der Waals surface area contributed by atoms with Gasteiger partial charge in [0.25, 0.3) is 0 Å². The maximum atomic E-state index is 14.7. The number of nitrogens with zero attached hydrogens (tertiary/aromatic N) is 1. The van der Waals surface area contributed by atoms with Crippen molar-refractivity contribution in [3.05, 3.63) is 93.8 Å². The number of nitro groups is 1. The Labute approximate surface area is 154 Å². The molecule has 0 amide bonds. The molecular formula is C21H16FNO4. The van der Waals surface area contributed by atoms with Gasteiger partial charge in [-0.25, -0.2) is 4.39 Å². The molecule has 0 N–H and O–H groups in total. The van der Waals surface area contributed by atoms with Crippen molar-refractivity contribution >= 4 is 11.6 Å². The summed E-state index contributed by atoms with van der Waals surface area (Å²) in [5, 5.41) is 11.9. The Balaban J connectivity index is 2.01. The van der Waals surface area contributed by atoms with E-state index in [4.69, 9.17) is 0 Å². The Kier molecular flexibility index (Phi) is 3.80. The summed E-state index contributed by atoms with van der Waals surface area (Å²) in [6, 6.07) is 10.7. The van der Waals surface area contributed by atoms with Crippen molar-refractivity contribution in [3.8, 4) is 0 Å². The molecule has 2 aliphatic rings. The molecule has 27 heavy (non-hydrogen) atoms. The minimum Gasteiger partial charge on any atom is -0.293 e. The molecule has 0 heterocycles. The molecule has 2 aromatic rings. The summed E-state index contributed by atoms with van der Waals surface area (Å²) in [6.45, 7) is 3.66. The van der Waals surface area contributed by atoms with E-state index in [1.807, 2.05) is 0 Å². The number of hydrogen-bond acceptors (Lipinski definition) is 4. The second-order valence-corrected chi connectivity index (χ2v) is 7.05. The summed E-state index contributed by atoms with van der Waals surface area (Å²) < 4.78 is 14.7. The van der Waals surface area contributed by atoms with Crippen LogP contribution in [0.3, 0.4) is 0 Å². The topological polar surface area (TPSA) is 77.3 Å². The monoisotopic (exact) mass is 365 g/mol. The van der Waals surface area contributed by atoms with Crippen molar-refractivity contribution in [1.29, 1.82) is 0 Å². The Bertz CT molecular complexity index is 964. The summed E-state index contributed by atoms with van der Waals surface area (Å²) in [7, 11) is 0.